The predicted octanol–water partition coefficient (Wildman–Crippen LogP) is 4.08. The highest BCUT2D eigenvalue weighted by atomic mass is 35.5. The first-order valence-corrected chi connectivity index (χ1v) is 8.03. The Bertz CT molecular complexity index is 655. The van der Waals surface area contributed by atoms with E-state index in [1.807, 2.05) is 12.1 Å². The molecule has 0 bridgehead atoms. The molecule has 1 saturated heterocycles. The van der Waals surface area contributed by atoms with E-state index < -0.39 is 0 Å². The van der Waals surface area contributed by atoms with Gasteiger partial charge in [-0.05, 0) is 56.2 Å². The summed E-state index contributed by atoms with van der Waals surface area (Å²) in [4.78, 5) is 5.78. The summed E-state index contributed by atoms with van der Waals surface area (Å²) in [5, 5.41) is 0.736. The van der Waals surface area contributed by atoms with Gasteiger partial charge in [-0.15, -0.1) is 0 Å². The van der Waals surface area contributed by atoms with Crippen LogP contribution in [-0.2, 0) is 6.54 Å². The molecule has 0 aliphatic carbocycles. The molecule has 1 aliphatic heterocycles. The van der Waals surface area contributed by atoms with Gasteiger partial charge in [0.15, 0.2) is 4.77 Å². The molecule has 2 heterocycles. The molecule has 0 spiro atoms. The van der Waals surface area contributed by atoms with Crippen LogP contribution in [0.25, 0.3) is 11.0 Å². The smallest absolute Gasteiger partial charge is 0.178 e. The third-order valence-corrected chi connectivity index (χ3v) is 4.66. The molecule has 1 aromatic carbocycles. The number of hydrogen-bond acceptors (Lipinski definition) is 2. The lowest BCUT2D eigenvalue weighted by molar-refractivity contribution is 0.272. The largest absolute Gasteiger partial charge is 0.329 e. The second-order valence-corrected chi connectivity index (χ2v) is 6.58. The summed E-state index contributed by atoms with van der Waals surface area (Å²) >= 11 is 11.7. The molecule has 20 heavy (non-hydrogen) atoms. The SMILES string of the molecule is CC(CN1CCCC1)Cn1c(=S)[nH]c2c(Cl)cccc21. The minimum atomic E-state index is 0.581. The number of likely N-dealkylation sites (tertiary alicyclic amines) is 1. The normalized spacial score (nSPS) is 17.9. The number of halogens is 1. The summed E-state index contributed by atoms with van der Waals surface area (Å²) in [5.74, 6) is 0.581. The van der Waals surface area contributed by atoms with Gasteiger partial charge in [-0.1, -0.05) is 24.6 Å². The lowest BCUT2D eigenvalue weighted by atomic mass is 10.1. The highest BCUT2D eigenvalue weighted by Crippen LogP contribution is 2.23. The van der Waals surface area contributed by atoms with Gasteiger partial charge < -0.3 is 14.5 Å². The molecule has 0 amide bonds. The number of aromatic nitrogens is 2. The van der Waals surface area contributed by atoms with Crippen LogP contribution in [0.15, 0.2) is 18.2 Å². The fourth-order valence-electron chi connectivity index (χ4n) is 3.10. The van der Waals surface area contributed by atoms with E-state index in [0.29, 0.717) is 5.92 Å². The average molecular weight is 310 g/mol. The van der Waals surface area contributed by atoms with E-state index in [1.54, 1.807) is 0 Å². The molecule has 1 fully saturated rings. The van der Waals surface area contributed by atoms with E-state index in [1.165, 1.54) is 25.9 Å². The van der Waals surface area contributed by atoms with Gasteiger partial charge in [-0.3, -0.25) is 0 Å². The minimum absolute atomic E-state index is 0.581. The summed E-state index contributed by atoms with van der Waals surface area (Å²) in [5.41, 5.74) is 2.06. The summed E-state index contributed by atoms with van der Waals surface area (Å²) in [6, 6.07) is 5.96. The van der Waals surface area contributed by atoms with Gasteiger partial charge in [0.1, 0.15) is 0 Å². The molecule has 2 aromatic rings. The Balaban J connectivity index is 1.81. The second kappa shape index (κ2) is 5.88. The van der Waals surface area contributed by atoms with Gasteiger partial charge in [0.05, 0.1) is 16.1 Å². The Kier molecular flexibility index (Phi) is 4.15. The van der Waals surface area contributed by atoms with Crippen LogP contribution in [0.2, 0.25) is 5.02 Å². The maximum atomic E-state index is 6.22. The first-order valence-electron chi connectivity index (χ1n) is 7.24. The average Bonchev–Trinajstić information content (AvgIpc) is 3.01. The van der Waals surface area contributed by atoms with E-state index in [-0.39, 0.29) is 0 Å². The number of benzene rings is 1. The van der Waals surface area contributed by atoms with Gasteiger partial charge in [0.25, 0.3) is 0 Å². The molecule has 5 heteroatoms. The molecule has 1 N–H and O–H groups in total. The number of fused-ring (bicyclic) bond motifs is 1. The van der Waals surface area contributed by atoms with Gasteiger partial charge in [0.2, 0.25) is 0 Å². The van der Waals surface area contributed by atoms with Crippen LogP contribution in [0, 0.1) is 10.7 Å². The molecule has 1 atom stereocenters. The van der Waals surface area contributed by atoms with E-state index in [9.17, 15) is 0 Å². The van der Waals surface area contributed by atoms with Crippen LogP contribution < -0.4 is 0 Å². The Hall–Kier alpha value is -0.840. The molecule has 1 aliphatic rings. The van der Waals surface area contributed by atoms with Crippen molar-refractivity contribution in [3.63, 3.8) is 0 Å². The van der Waals surface area contributed by atoms with Gasteiger partial charge in [0, 0.05) is 13.1 Å². The van der Waals surface area contributed by atoms with Crippen LogP contribution >= 0.6 is 23.8 Å². The Morgan fingerprint density at radius 2 is 2.05 bits per heavy atom. The molecule has 1 aromatic heterocycles. The zero-order valence-electron chi connectivity index (χ0n) is 11.7. The van der Waals surface area contributed by atoms with E-state index in [0.717, 1.165) is 33.9 Å². The number of nitrogens with one attached hydrogen (secondary N) is 1. The van der Waals surface area contributed by atoms with Crippen LogP contribution in [0.4, 0.5) is 0 Å². The van der Waals surface area contributed by atoms with Crippen LogP contribution in [0.1, 0.15) is 19.8 Å². The highest BCUT2D eigenvalue weighted by Gasteiger charge is 2.16. The summed E-state index contributed by atoms with van der Waals surface area (Å²) in [6.07, 6.45) is 2.68. The quantitative estimate of drug-likeness (QED) is 0.860. The molecule has 3 nitrogen and oxygen atoms in total. The van der Waals surface area contributed by atoms with Crippen molar-refractivity contribution >= 4 is 34.9 Å². The minimum Gasteiger partial charge on any atom is -0.329 e. The molecular weight excluding hydrogens is 290 g/mol. The second-order valence-electron chi connectivity index (χ2n) is 5.79. The van der Waals surface area contributed by atoms with E-state index in [4.69, 9.17) is 23.8 Å². The van der Waals surface area contributed by atoms with Crippen molar-refractivity contribution in [3.8, 4) is 0 Å². The maximum Gasteiger partial charge on any atom is 0.178 e. The Morgan fingerprint density at radius 3 is 2.80 bits per heavy atom. The van der Waals surface area contributed by atoms with Crippen LogP contribution in [-0.4, -0.2) is 34.1 Å². The van der Waals surface area contributed by atoms with Gasteiger partial charge in [-0.2, -0.15) is 0 Å². The molecule has 0 saturated carbocycles. The number of aromatic amines is 1. The lowest BCUT2D eigenvalue weighted by Gasteiger charge is -2.20. The molecule has 108 valence electrons. The number of rotatable bonds is 4. The standard InChI is InChI=1S/C15H20ClN3S/c1-11(9-18-7-2-3-8-18)10-19-13-6-4-5-12(16)14(13)17-15(19)20/h4-6,11H,2-3,7-10H2,1H3,(H,17,20). The van der Waals surface area contributed by atoms with Gasteiger partial charge >= 0.3 is 0 Å². The molecule has 3 rings (SSSR count). The Labute approximate surface area is 129 Å². The lowest BCUT2D eigenvalue weighted by Crippen LogP contribution is -2.27. The summed E-state index contributed by atoms with van der Waals surface area (Å²) in [7, 11) is 0. The van der Waals surface area contributed by atoms with Crippen LogP contribution in [0.3, 0.4) is 0 Å². The third-order valence-electron chi connectivity index (χ3n) is 4.02. The van der Waals surface area contributed by atoms with Crippen molar-refractivity contribution in [1.82, 2.24) is 14.5 Å². The number of nitrogens with zero attached hydrogens (tertiary/aromatic N) is 2. The fourth-order valence-corrected chi connectivity index (χ4v) is 3.59. The van der Waals surface area contributed by atoms with Crippen molar-refractivity contribution in [2.45, 2.75) is 26.3 Å². The van der Waals surface area contributed by atoms with Crippen molar-refractivity contribution < 1.29 is 0 Å². The molecular formula is C15H20ClN3S. The zero-order chi connectivity index (χ0) is 14.1. The van der Waals surface area contributed by atoms with Crippen molar-refractivity contribution in [2.75, 3.05) is 19.6 Å². The monoisotopic (exact) mass is 309 g/mol. The number of imidazole rings is 1. The predicted molar refractivity (Wildman–Crippen MR) is 87.0 cm³/mol. The highest BCUT2D eigenvalue weighted by molar-refractivity contribution is 7.71. The van der Waals surface area contributed by atoms with Gasteiger partial charge in [-0.25, -0.2) is 0 Å². The van der Waals surface area contributed by atoms with Crippen molar-refractivity contribution in [1.29, 1.82) is 0 Å². The third kappa shape index (κ3) is 2.78. The number of para-hydroxylation sites is 1. The first-order chi connectivity index (χ1) is 9.65. The first kappa shape index (κ1) is 14.1. The fraction of sp³-hybridized carbons (Fsp3) is 0.533. The molecule has 1 unspecified atom stereocenters. The van der Waals surface area contributed by atoms with Crippen molar-refractivity contribution in [2.24, 2.45) is 5.92 Å². The topological polar surface area (TPSA) is 24.0 Å². The maximum absolute atomic E-state index is 6.22. The van der Waals surface area contributed by atoms with E-state index in [2.05, 4.69) is 27.4 Å². The zero-order valence-corrected chi connectivity index (χ0v) is 13.3. The van der Waals surface area contributed by atoms with E-state index >= 15 is 0 Å². The summed E-state index contributed by atoms with van der Waals surface area (Å²) < 4.78 is 2.94. The molecule has 0 radical (unpaired) electrons. The van der Waals surface area contributed by atoms with Crippen LogP contribution in [0.5, 0.6) is 0 Å². The van der Waals surface area contributed by atoms with Crippen molar-refractivity contribution in [3.05, 3.63) is 28.0 Å². The summed E-state index contributed by atoms with van der Waals surface area (Å²) in [6.45, 7) is 6.87. The number of H-pyrrole nitrogens is 1. The number of hydrogen-bond donors (Lipinski definition) is 1. The Morgan fingerprint density at radius 1 is 1.30 bits per heavy atom.